The van der Waals surface area contributed by atoms with Gasteiger partial charge in [0.2, 0.25) is 0 Å². The molecule has 0 radical (unpaired) electrons. The number of aromatic nitrogens is 2. The van der Waals surface area contributed by atoms with E-state index in [9.17, 15) is 35.5 Å². The van der Waals surface area contributed by atoms with E-state index >= 15 is 0 Å². The summed E-state index contributed by atoms with van der Waals surface area (Å²) in [6.07, 6.45) is -6.43. The van der Waals surface area contributed by atoms with Crippen LogP contribution in [0.3, 0.4) is 0 Å². The van der Waals surface area contributed by atoms with E-state index in [0.29, 0.717) is 24.3 Å². The number of nitrogens with zero attached hydrogens (tertiary/aromatic N) is 4. The standard InChI is InChI=1S/C22H21FN4O.2C2HF3O2/c23-18-8-2-1-6-16(18)12-25-14-20-21(15-25)27(13-17-7-3-4-10-24-17)22(28)19-9-5-11-26(19)20;2*3-2(4,5)1(6)7/h1-11,20-21H,12-15H2;2*(H,6,7). The van der Waals surface area contributed by atoms with Gasteiger partial charge in [0.25, 0.3) is 5.91 Å². The fourth-order valence-electron chi connectivity index (χ4n) is 4.44. The molecule has 3 aromatic rings. The Labute approximate surface area is 233 Å². The molecule has 42 heavy (non-hydrogen) atoms. The van der Waals surface area contributed by atoms with Crippen LogP contribution in [0.4, 0.5) is 30.7 Å². The van der Waals surface area contributed by atoms with Crippen LogP contribution >= 0.6 is 0 Å². The second-order valence-corrected chi connectivity index (χ2v) is 9.08. The highest BCUT2D eigenvalue weighted by Gasteiger charge is 2.45. The van der Waals surface area contributed by atoms with Crippen molar-refractivity contribution in [3.05, 3.63) is 89.8 Å². The van der Waals surface area contributed by atoms with Crippen molar-refractivity contribution in [3.63, 3.8) is 0 Å². The lowest BCUT2D eigenvalue weighted by Crippen LogP contribution is -2.49. The van der Waals surface area contributed by atoms with Gasteiger partial charge in [-0.2, -0.15) is 26.3 Å². The molecule has 4 heterocycles. The molecule has 2 atom stereocenters. The number of hydrogen-bond donors (Lipinski definition) is 2. The van der Waals surface area contributed by atoms with E-state index in [1.54, 1.807) is 12.3 Å². The summed E-state index contributed by atoms with van der Waals surface area (Å²) >= 11 is 0. The third-order valence-electron chi connectivity index (χ3n) is 6.25. The molecule has 5 rings (SSSR count). The molecule has 16 heteroatoms. The van der Waals surface area contributed by atoms with Gasteiger partial charge in [-0.25, -0.2) is 14.0 Å². The Morgan fingerprint density at radius 2 is 1.40 bits per heavy atom. The second-order valence-electron chi connectivity index (χ2n) is 9.08. The van der Waals surface area contributed by atoms with E-state index in [2.05, 4.69) is 14.5 Å². The van der Waals surface area contributed by atoms with E-state index in [1.165, 1.54) is 6.07 Å². The highest BCUT2D eigenvalue weighted by molar-refractivity contribution is 5.94. The molecule has 0 saturated carbocycles. The SMILES string of the molecule is O=C(O)C(F)(F)F.O=C(O)C(F)(F)F.O=C1c2cccn2C2CN(Cc3ccccc3F)CC2N1Cc1ccccn1. The Morgan fingerprint density at radius 3 is 1.95 bits per heavy atom. The molecule has 0 aliphatic carbocycles. The first-order valence-electron chi connectivity index (χ1n) is 12.0. The summed E-state index contributed by atoms with van der Waals surface area (Å²) in [4.78, 5) is 39.5. The lowest BCUT2D eigenvalue weighted by atomic mass is 10.1. The number of benzene rings is 1. The fraction of sp³-hybridized carbons (Fsp3) is 0.308. The summed E-state index contributed by atoms with van der Waals surface area (Å²) in [6.45, 7) is 2.53. The number of hydrogen-bond acceptors (Lipinski definition) is 5. The summed E-state index contributed by atoms with van der Waals surface area (Å²) in [7, 11) is 0. The van der Waals surface area contributed by atoms with Crippen LogP contribution in [-0.2, 0) is 22.7 Å². The Morgan fingerprint density at radius 1 is 0.833 bits per heavy atom. The number of carbonyl (C=O) groups is 3. The van der Waals surface area contributed by atoms with Crippen molar-refractivity contribution in [1.82, 2.24) is 19.4 Å². The summed E-state index contributed by atoms with van der Waals surface area (Å²) in [5, 5.41) is 14.2. The van der Waals surface area contributed by atoms with Gasteiger partial charge in [-0.1, -0.05) is 24.3 Å². The zero-order valence-corrected chi connectivity index (χ0v) is 21.4. The summed E-state index contributed by atoms with van der Waals surface area (Å²) in [5.74, 6) is -5.66. The number of fused-ring (bicyclic) bond motifs is 3. The maximum absolute atomic E-state index is 14.1. The average Bonchev–Trinajstić information content (AvgIpc) is 3.56. The number of carbonyl (C=O) groups excluding carboxylic acids is 1. The Hall–Kier alpha value is -4.47. The van der Waals surface area contributed by atoms with Crippen molar-refractivity contribution in [2.75, 3.05) is 13.1 Å². The second kappa shape index (κ2) is 13.0. The smallest absolute Gasteiger partial charge is 0.475 e. The van der Waals surface area contributed by atoms with E-state index in [0.717, 1.165) is 18.8 Å². The van der Waals surface area contributed by atoms with Crippen molar-refractivity contribution < 1.29 is 55.3 Å². The highest BCUT2D eigenvalue weighted by atomic mass is 19.4. The normalized spacial score (nSPS) is 18.2. The van der Waals surface area contributed by atoms with Crippen LogP contribution in [0.2, 0.25) is 0 Å². The third-order valence-corrected chi connectivity index (χ3v) is 6.25. The van der Waals surface area contributed by atoms with Gasteiger partial charge in [-0.15, -0.1) is 0 Å². The predicted octanol–water partition coefficient (Wildman–Crippen LogP) is 4.37. The van der Waals surface area contributed by atoms with Gasteiger partial charge in [0.15, 0.2) is 0 Å². The number of carboxylic acids is 2. The van der Waals surface area contributed by atoms with E-state index in [1.807, 2.05) is 53.6 Å². The lowest BCUT2D eigenvalue weighted by Gasteiger charge is -2.38. The lowest BCUT2D eigenvalue weighted by molar-refractivity contribution is -0.193. The van der Waals surface area contributed by atoms with E-state index in [4.69, 9.17) is 19.8 Å². The van der Waals surface area contributed by atoms with Gasteiger partial charge in [0, 0.05) is 37.6 Å². The molecule has 2 N–H and O–H groups in total. The molecule has 2 unspecified atom stereocenters. The molecule has 226 valence electrons. The van der Waals surface area contributed by atoms with Crippen molar-refractivity contribution in [1.29, 1.82) is 0 Å². The third kappa shape index (κ3) is 8.05. The van der Waals surface area contributed by atoms with Gasteiger partial charge >= 0.3 is 24.3 Å². The van der Waals surface area contributed by atoms with Gasteiger partial charge < -0.3 is 19.7 Å². The zero-order valence-electron chi connectivity index (χ0n) is 21.4. The number of rotatable bonds is 4. The summed E-state index contributed by atoms with van der Waals surface area (Å²) in [6, 6.07) is 16.7. The maximum atomic E-state index is 14.1. The number of likely N-dealkylation sites (tertiary alicyclic amines) is 1. The maximum Gasteiger partial charge on any atom is 0.490 e. The summed E-state index contributed by atoms with van der Waals surface area (Å²) in [5.41, 5.74) is 2.28. The zero-order chi connectivity index (χ0) is 31.2. The molecule has 1 fully saturated rings. The van der Waals surface area contributed by atoms with Gasteiger partial charge in [0.05, 0.1) is 24.3 Å². The van der Waals surface area contributed by atoms with Gasteiger partial charge in [-0.3, -0.25) is 14.7 Å². The average molecular weight is 604 g/mol. The largest absolute Gasteiger partial charge is 0.490 e. The topological polar surface area (TPSA) is 116 Å². The fourth-order valence-corrected chi connectivity index (χ4v) is 4.44. The first kappa shape index (κ1) is 32.0. The predicted molar refractivity (Wildman–Crippen MR) is 130 cm³/mol. The van der Waals surface area contributed by atoms with Crippen molar-refractivity contribution in [3.8, 4) is 0 Å². The molecule has 2 aromatic heterocycles. The van der Waals surface area contributed by atoms with Crippen LogP contribution in [0, 0.1) is 5.82 Å². The minimum atomic E-state index is -5.08. The Kier molecular flexibility index (Phi) is 9.93. The van der Waals surface area contributed by atoms with Crippen LogP contribution in [-0.4, -0.2) is 78.9 Å². The van der Waals surface area contributed by atoms with Crippen molar-refractivity contribution >= 4 is 17.8 Å². The molecule has 2 aliphatic rings. The van der Waals surface area contributed by atoms with E-state index < -0.39 is 24.3 Å². The molecule has 0 bridgehead atoms. The van der Waals surface area contributed by atoms with Crippen LogP contribution < -0.4 is 0 Å². The monoisotopic (exact) mass is 604 g/mol. The summed E-state index contributed by atoms with van der Waals surface area (Å²) < 4.78 is 79.7. The number of carboxylic acid groups (broad SMARTS) is 2. The molecule has 9 nitrogen and oxygen atoms in total. The first-order valence-corrected chi connectivity index (χ1v) is 12.0. The van der Waals surface area contributed by atoms with E-state index in [-0.39, 0.29) is 23.8 Å². The Balaban J connectivity index is 0.000000289. The number of amides is 1. The molecular formula is C26H23F7N4O5. The number of aliphatic carboxylic acids is 2. The molecular weight excluding hydrogens is 581 g/mol. The van der Waals surface area contributed by atoms with Gasteiger partial charge in [-0.05, 0) is 30.3 Å². The van der Waals surface area contributed by atoms with Crippen molar-refractivity contribution in [2.45, 2.75) is 37.5 Å². The first-order chi connectivity index (χ1) is 19.6. The molecule has 1 saturated heterocycles. The number of alkyl halides is 6. The van der Waals surface area contributed by atoms with Crippen LogP contribution in [0.1, 0.15) is 27.8 Å². The van der Waals surface area contributed by atoms with Crippen LogP contribution in [0.25, 0.3) is 0 Å². The highest BCUT2D eigenvalue weighted by Crippen LogP contribution is 2.35. The Bertz CT molecular complexity index is 1370. The molecule has 0 spiro atoms. The number of halogens is 7. The van der Waals surface area contributed by atoms with Crippen LogP contribution in [0.15, 0.2) is 67.0 Å². The molecule has 1 amide bonds. The van der Waals surface area contributed by atoms with Crippen molar-refractivity contribution in [2.24, 2.45) is 0 Å². The number of pyridine rings is 1. The minimum absolute atomic E-state index is 0.0321. The van der Waals surface area contributed by atoms with Gasteiger partial charge in [0.1, 0.15) is 11.5 Å². The molecule has 2 aliphatic heterocycles. The van der Waals surface area contributed by atoms with Crippen LogP contribution in [0.5, 0.6) is 0 Å². The molecule has 1 aromatic carbocycles. The minimum Gasteiger partial charge on any atom is -0.475 e. The quantitative estimate of drug-likeness (QED) is 0.425.